The maximum Gasteiger partial charge on any atom is 0.269 e. The Labute approximate surface area is 126 Å². The molecule has 0 aliphatic rings. The van der Waals surface area contributed by atoms with Gasteiger partial charge >= 0.3 is 0 Å². The fourth-order valence-corrected chi connectivity index (χ4v) is 2.04. The third-order valence-corrected chi connectivity index (χ3v) is 3.84. The lowest BCUT2D eigenvalue weighted by Crippen LogP contribution is -2.22. The predicted molar refractivity (Wildman–Crippen MR) is 75.2 cm³/mol. The van der Waals surface area contributed by atoms with E-state index in [0.717, 1.165) is 6.07 Å². The van der Waals surface area contributed by atoms with Crippen LogP contribution in [-0.4, -0.2) is 15.5 Å². The monoisotopic (exact) mass is 359 g/mol. The number of carbonyl (C=O) groups is 1. The summed E-state index contributed by atoms with van der Waals surface area (Å²) in [7, 11) is 0. The van der Waals surface area contributed by atoms with Gasteiger partial charge in [-0.25, -0.2) is 9.37 Å². The molecule has 0 saturated carbocycles. The van der Waals surface area contributed by atoms with E-state index in [1.807, 2.05) is 0 Å². The van der Waals surface area contributed by atoms with E-state index in [0.29, 0.717) is 0 Å². The molecule has 0 aliphatic carbocycles. The predicted octanol–water partition coefficient (Wildman–Crippen LogP) is 1.95. The Morgan fingerprint density at radius 2 is 2.20 bits per heavy atom. The Hall–Kier alpha value is -1.73. The van der Waals surface area contributed by atoms with Crippen molar-refractivity contribution in [2.24, 2.45) is 5.73 Å². The van der Waals surface area contributed by atoms with Crippen LogP contribution >= 0.6 is 27.5 Å². The summed E-state index contributed by atoms with van der Waals surface area (Å²) >= 11 is 8.68. The molecular weight excluding hydrogens is 353 g/mol. The number of halogens is 3. The number of hydrogen-bond donors (Lipinski definition) is 1. The first kappa shape index (κ1) is 14.7. The molecule has 1 heterocycles. The van der Waals surface area contributed by atoms with E-state index in [-0.39, 0.29) is 27.3 Å². The van der Waals surface area contributed by atoms with Gasteiger partial charge in [0.1, 0.15) is 10.3 Å². The van der Waals surface area contributed by atoms with Gasteiger partial charge < -0.3 is 5.73 Å². The van der Waals surface area contributed by atoms with Gasteiger partial charge in [-0.05, 0) is 34.1 Å². The Bertz CT molecular complexity index is 748. The highest BCUT2D eigenvalue weighted by molar-refractivity contribution is 9.10. The number of carbonyl (C=O) groups excluding carboxylic acids is 1. The second-order valence-corrected chi connectivity index (χ2v) is 5.10. The quantitative estimate of drug-likeness (QED) is 0.850. The molecule has 2 rings (SSSR count). The molecule has 1 aromatic carbocycles. The molecule has 5 nitrogen and oxygen atoms in total. The summed E-state index contributed by atoms with van der Waals surface area (Å²) in [6.07, 6.45) is 1.20. The molecule has 104 valence electrons. The Kier molecular flexibility index (Phi) is 4.20. The van der Waals surface area contributed by atoms with Crippen LogP contribution in [-0.2, 0) is 6.54 Å². The summed E-state index contributed by atoms with van der Waals surface area (Å²) in [4.78, 5) is 26.8. The number of nitrogens with two attached hydrogens (primary N) is 1. The van der Waals surface area contributed by atoms with E-state index >= 15 is 0 Å². The average molecular weight is 361 g/mol. The van der Waals surface area contributed by atoms with Crippen molar-refractivity contribution >= 4 is 33.4 Å². The van der Waals surface area contributed by atoms with Crippen LogP contribution in [0.15, 0.2) is 33.8 Å². The van der Waals surface area contributed by atoms with Gasteiger partial charge in [0.05, 0.1) is 12.9 Å². The number of primary amides is 1. The molecule has 1 amide bonds. The third kappa shape index (κ3) is 2.88. The standard InChI is InChI=1S/C12H8BrClFN3O2/c13-9-10(14)17-5-18(12(9)20)4-7-3-6(11(16)19)1-2-8(7)15/h1-3,5H,4H2,(H2,16,19). The van der Waals surface area contributed by atoms with Crippen LogP contribution in [0, 0.1) is 5.82 Å². The highest BCUT2D eigenvalue weighted by atomic mass is 79.9. The zero-order chi connectivity index (χ0) is 14.9. The maximum atomic E-state index is 13.7. The SMILES string of the molecule is NC(=O)c1ccc(F)c(Cn2cnc(Cl)c(Br)c2=O)c1. The number of amides is 1. The Morgan fingerprint density at radius 3 is 2.85 bits per heavy atom. The normalized spacial score (nSPS) is 10.6. The smallest absolute Gasteiger partial charge is 0.269 e. The fraction of sp³-hybridized carbons (Fsp3) is 0.0833. The number of benzene rings is 1. The van der Waals surface area contributed by atoms with Gasteiger partial charge in [0.2, 0.25) is 5.91 Å². The summed E-state index contributed by atoms with van der Waals surface area (Å²) in [5.74, 6) is -1.22. The molecule has 8 heteroatoms. The summed E-state index contributed by atoms with van der Waals surface area (Å²) in [6, 6.07) is 3.70. The Balaban J connectivity index is 2.45. The lowest BCUT2D eigenvalue weighted by Gasteiger charge is -2.08. The molecule has 0 fully saturated rings. The largest absolute Gasteiger partial charge is 0.366 e. The molecule has 1 aromatic heterocycles. The highest BCUT2D eigenvalue weighted by Crippen LogP contribution is 2.15. The van der Waals surface area contributed by atoms with Crippen molar-refractivity contribution in [2.75, 3.05) is 0 Å². The van der Waals surface area contributed by atoms with Crippen LogP contribution < -0.4 is 11.3 Å². The second kappa shape index (κ2) is 5.72. The van der Waals surface area contributed by atoms with Crippen LogP contribution in [0.4, 0.5) is 4.39 Å². The van der Waals surface area contributed by atoms with Crippen LogP contribution in [0.1, 0.15) is 15.9 Å². The molecule has 0 saturated heterocycles. The van der Waals surface area contributed by atoms with Gasteiger partial charge in [-0.1, -0.05) is 11.6 Å². The average Bonchev–Trinajstić information content (AvgIpc) is 2.41. The third-order valence-electron chi connectivity index (χ3n) is 2.61. The van der Waals surface area contributed by atoms with Crippen molar-refractivity contribution in [1.29, 1.82) is 0 Å². The van der Waals surface area contributed by atoms with E-state index in [4.69, 9.17) is 17.3 Å². The maximum absolute atomic E-state index is 13.7. The van der Waals surface area contributed by atoms with Crippen molar-refractivity contribution in [3.05, 3.63) is 61.5 Å². The van der Waals surface area contributed by atoms with Crippen molar-refractivity contribution in [1.82, 2.24) is 9.55 Å². The topological polar surface area (TPSA) is 78.0 Å². The molecule has 20 heavy (non-hydrogen) atoms. The molecule has 0 spiro atoms. The summed E-state index contributed by atoms with van der Waals surface area (Å²) in [6.45, 7) is -0.0887. The van der Waals surface area contributed by atoms with E-state index in [9.17, 15) is 14.0 Å². The zero-order valence-electron chi connectivity index (χ0n) is 9.94. The van der Waals surface area contributed by atoms with Crippen LogP contribution in [0.2, 0.25) is 5.15 Å². The molecule has 2 aromatic rings. The van der Waals surface area contributed by atoms with E-state index in [1.165, 1.54) is 23.0 Å². The minimum Gasteiger partial charge on any atom is -0.366 e. The first-order valence-corrected chi connectivity index (χ1v) is 6.56. The number of aromatic nitrogens is 2. The minimum absolute atomic E-state index is 0.0256. The molecule has 0 radical (unpaired) electrons. The number of rotatable bonds is 3. The Morgan fingerprint density at radius 1 is 1.50 bits per heavy atom. The van der Waals surface area contributed by atoms with Crippen LogP contribution in [0.3, 0.4) is 0 Å². The summed E-state index contributed by atoms with van der Waals surface area (Å²) < 4.78 is 15.0. The lowest BCUT2D eigenvalue weighted by atomic mass is 10.1. The first-order chi connectivity index (χ1) is 9.40. The van der Waals surface area contributed by atoms with Crippen molar-refractivity contribution in [2.45, 2.75) is 6.54 Å². The van der Waals surface area contributed by atoms with E-state index in [1.54, 1.807) is 0 Å². The fourth-order valence-electron chi connectivity index (χ4n) is 1.59. The van der Waals surface area contributed by atoms with Gasteiger partial charge in [0.25, 0.3) is 5.56 Å². The first-order valence-electron chi connectivity index (χ1n) is 5.39. The van der Waals surface area contributed by atoms with E-state index < -0.39 is 17.3 Å². The van der Waals surface area contributed by atoms with Gasteiger partial charge in [0.15, 0.2) is 5.15 Å². The number of nitrogens with zero attached hydrogens (tertiary/aromatic N) is 2. The summed E-state index contributed by atoms with van der Waals surface area (Å²) in [5.41, 5.74) is 5.00. The van der Waals surface area contributed by atoms with Crippen LogP contribution in [0.5, 0.6) is 0 Å². The van der Waals surface area contributed by atoms with Crippen LogP contribution in [0.25, 0.3) is 0 Å². The molecule has 2 N–H and O–H groups in total. The lowest BCUT2D eigenvalue weighted by molar-refractivity contribution is 0.1000. The second-order valence-electron chi connectivity index (χ2n) is 3.95. The van der Waals surface area contributed by atoms with Crippen molar-refractivity contribution < 1.29 is 9.18 Å². The molecule has 0 atom stereocenters. The highest BCUT2D eigenvalue weighted by Gasteiger charge is 2.11. The molecule has 0 bridgehead atoms. The van der Waals surface area contributed by atoms with Crippen molar-refractivity contribution in [3.8, 4) is 0 Å². The molecule has 0 aliphatic heterocycles. The van der Waals surface area contributed by atoms with Gasteiger partial charge in [-0.2, -0.15) is 0 Å². The van der Waals surface area contributed by atoms with Gasteiger partial charge in [-0.3, -0.25) is 14.2 Å². The van der Waals surface area contributed by atoms with Crippen molar-refractivity contribution in [3.63, 3.8) is 0 Å². The zero-order valence-corrected chi connectivity index (χ0v) is 12.3. The molecule has 0 unspecified atom stereocenters. The van der Waals surface area contributed by atoms with E-state index in [2.05, 4.69) is 20.9 Å². The van der Waals surface area contributed by atoms with Gasteiger partial charge in [0, 0.05) is 11.1 Å². The van der Waals surface area contributed by atoms with Gasteiger partial charge in [-0.15, -0.1) is 0 Å². The minimum atomic E-state index is -0.672. The summed E-state index contributed by atoms with van der Waals surface area (Å²) in [5, 5.41) is 0.0256. The molecular formula is C12H8BrClFN3O2. The number of hydrogen-bond acceptors (Lipinski definition) is 3.